The quantitative estimate of drug-likeness (QED) is 0.267. The topological polar surface area (TPSA) is 88.8 Å². The Hall–Kier alpha value is -3.00. The molecule has 2 aliphatic rings. The van der Waals surface area contributed by atoms with E-state index in [4.69, 9.17) is 9.26 Å². The van der Waals surface area contributed by atoms with Gasteiger partial charge < -0.3 is 19.1 Å². The first kappa shape index (κ1) is 25.1. The van der Waals surface area contributed by atoms with Crippen molar-refractivity contribution in [3.63, 3.8) is 0 Å². The summed E-state index contributed by atoms with van der Waals surface area (Å²) in [5, 5.41) is 4.12. The molecule has 0 spiro atoms. The summed E-state index contributed by atoms with van der Waals surface area (Å²) in [6.07, 6.45) is 13.0. The van der Waals surface area contributed by atoms with Gasteiger partial charge in [0, 0.05) is 37.7 Å². The molecule has 1 aromatic heterocycles. The Morgan fingerprint density at radius 1 is 1.11 bits per heavy atom. The Morgan fingerprint density at radius 2 is 1.94 bits per heavy atom. The number of ether oxygens (including phenoxy) is 1. The second-order valence-corrected chi connectivity index (χ2v) is 9.31. The van der Waals surface area contributed by atoms with Crippen LogP contribution in [0.1, 0.15) is 62.8 Å². The van der Waals surface area contributed by atoms with Crippen LogP contribution in [0.4, 0.5) is 11.6 Å². The Morgan fingerprint density at radius 3 is 2.74 bits per heavy atom. The summed E-state index contributed by atoms with van der Waals surface area (Å²) in [5.41, 5.74) is 1.82. The summed E-state index contributed by atoms with van der Waals surface area (Å²) in [6.45, 7) is 3.64. The van der Waals surface area contributed by atoms with E-state index >= 15 is 0 Å². The molecule has 35 heavy (non-hydrogen) atoms. The molecule has 1 aliphatic heterocycles. The van der Waals surface area contributed by atoms with Gasteiger partial charge in [0.05, 0.1) is 13.2 Å². The van der Waals surface area contributed by atoms with Crippen LogP contribution in [0.2, 0.25) is 0 Å². The van der Waals surface area contributed by atoms with Gasteiger partial charge in [-0.1, -0.05) is 43.9 Å². The van der Waals surface area contributed by atoms with Gasteiger partial charge in [0.25, 0.3) is 5.95 Å². The fourth-order valence-electron chi connectivity index (χ4n) is 4.85. The summed E-state index contributed by atoms with van der Waals surface area (Å²) in [4.78, 5) is 32.8. The van der Waals surface area contributed by atoms with E-state index in [2.05, 4.69) is 15.0 Å². The van der Waals surface area contributed by atoms with Crippen molar-refractivity contribution >= 4 is 29.9 Å². The van der Waals surface area contributed by atoms with Gasteiger partial charge in [0.1, 0.15) is 6.29 Å². The standard InChI is InChI=1S/C27H36N4O4/c32-18-8-10-22-9-7-13-24(21-22)31(26(33)23-11-3-1-4-12-23)15-6-2-5-14-25-28-27(29-35-25)30-16-19-34-20-17-30/h7-10,13,18,21,23H,1-6,11-12,14-17,19-20H2/b10-8+. The van der Waals surface area contributed by atoms with E-state index in [1.165, 1.54) is 12.5 Å². The van der Waals surface area contributed by atoms with Gasteiger partial charge >= 0.3 is 0 Å². The van der Waals surface area contributed by atoms with Crippen molar-refractivity contribution in [2.24, 2.45) is 5.92 Å². The maximum Gasteiger partial charge on any atom is 0.266 e. The second kappa shape index (κ2) is 13.2. The molecule has 2 heterocycles. The van der Waals surface area contributed by atoms with Crippen LogP contribution in [0, 0.1) is 5.92 Å². The molecule has 0 N–H and O–H groups in total. The number of carbonyl (C=O) groups excluding carboxylic acids is 2. The predicted molar refractivity (Wildman–Crippen MR) is 135 cm³/mol. The lowest BCUT2D eigenvalue weighted by Crippen LogP contribution is -2.38. The molecular weight excluding hydrogens is 444 g/mol. The Bertz CT molecular complexity index is 977. The van der Waals surface area contributed by atoms with E-state index in [1.54, 1.807) is 6.08 Å². The summed E-state index contributed by atoms with van der Waals surface area (Å²) < 4.78 is 10.8. The zero-order valence-electron chi connectivity index (χ0n) is 20.4. The van der Waals surface area contributed by atoms with E-state index in [0.717, 1.165) is 82.0 Å². The number of nitrogens with zero attached hydrogens (tertiary/aromatic N) is 4. The molecular formula is C27H36N4O4. The van der Waals surface area contributed by atoms with Crippen molar-refractivity contribution in [1.29, 1.82) is 0 Å². The molecule has 0 radical (unpaired) electrons. The normalized spacial score (nSPS) is 17.1. The highest BCUT2D eigenvalue weighted by Gasteiger charge is 2.27. The molecule has 1 saturated carbocycles. The number of carbonyl (C=O) groups is 2. The first-order valence-corrected chi connectivity index (χ1v) is 12.9. The number of benzene rings is 1. The van der Waals surface area contributed by atoms with Crippen molar-refractivity contribution in [3.05, 3.63) is 41.8 Å². The fraction of sp³-hybridized carbons (Fsp3) is 0.556. The highest BCUT2D eigenvalue weighted by Crippen LogP contribution is 2.28. The third-order valence-corrected chi connectivity index (χ3v) is 6.79. The lowest BCUT2D eigenvalue weighted by molar-refractivity contribution is -0.123. The number of rotatable bonds is 11. The minimum atomic E-state index is 0.106. The number of hydrogen-bond donors (Lipinski definition) is 0. The minimum absolute atomic E-state index is 0.106. The predicted octanol–water partition coefficient (Wildman–Crippen LogP) is 4.44. The smallest absolute Gasteiger partial charge is 0.266 e. The lowest BCUT2D eigenvalue weighted by atomic mass is 9.88. The number of allylic oxidation sites excluding steroid dienone is 1. The van der Waals surface area contributed by atoms with Gasteiger partial charge in [-0.3, -0.25) is 9.59 Å². The summed E-state index contributed by atoms with van der Waals surface area (Å²) >= 11 is 0. The van der Waals surface area contributed by atoms with Gasteiger partial charge in [-0.15, -0.1) is 0 Å². The third-order valence-electron chi connectivity index (χ3n) is 6.79. The molecule has 1 saturated heterocycles. The highest BCUT2D eigenvalue weighted by molar-refractivity contribution is 5.95. The number of hydrogen-bond acceptors (Lipinski definition) is 7. The minimum Gasteiger partial charge on any atom is -0.378 e. The van der Waals surface area contributed by atoms with E-state index in [1.807, 2.05) is 29.2 Å². The molecule has 4 rings (SSSR count). The van der Waals surface area contributed by atoms with Crippen LogP contribution < -0.4 is 9.80 Å². The summed E-state index contributed by atoms with van der Waals surface area (Å²) in [5.74, 6) is 1.65. The summed E-state index contributed by atoms with van der Waals surface area (Å²) in [7, 11) is 0. The van der Waals surface area contributed by atoms with Crippen LogP contribution in [0.25, 0.3) is 6.08 Å². The zero-order chi connectivity index (χ0) is 24.3. The molecule has 0 bridgehead atoms. The SMILES string of the molecule is O=C/C=C/c1cccc(N(CCCCCc2nc(N3CCOCC3)no2)C(=O)C2CCCCC2)c1. The van der Waals surface area contributed by atoms with Gasteiger partial charge in [0.2, 0.25) is 11.8 Å². The number of morpholine rings is 1. The van der Waals surface area contributed by atoms with Crippen LogP contribution in [-0.4, -0.2) is 55.2 Å². The molecule has 0 unspecified atom stereocenters. The number of aryl methyl sites for hydroxylation is 1. The monoisotopic (exact) mass is 480 g/mol. The van der Waals surface area contributed by atoms with E-state index in [0.29, 0.717) is 31.6 Å². The van der Waals surface area contributed by atoms with Crippen molar-refractivity contribution in [1.82, 2.24) is 10.1 Å². The first-order valence-electron chi connectivity index (χ1n) is 12.9. The van der Waals surface area contributed by atoms with Crippen LogP contribution in [0.5, 0.6) is 0 Å². The average molecular weight is 481 g/mol. The molecule has 1 amide bonds. The van der Waals surface area contributed by atoms with Crippen LogP contribution >= 0.6 is 0 Å². The van der Waals surface area contributed by atoms with Crippen molar-refractivity contribution in [2.45, 2.75) is 57.8 Å². The van der Waals surface area contributed by atoms with Gasteiger partial charge in [-0.25, -0.2) is 0 Å². The number of unbranched alkanes of at least 4 members (excludes halogenated alkanes) is 2. The van der Waals surface area contributed by atoms with Crippen LogP contribution in [0.15, 0.2) is 34.9 Å². The third kappa shape index (κ3) is 7.24. The average Bonchev–Trinajstić information content (AvgIpc) is 3.39. The molecule has 188 valence electrons. The largest absolute Gasteiger partial charge is 0.378 e. The van der Waals surface area contributed by atoms with Crippen molar-refractivity contribution in [3.8, 4) is 0 Å². The van der Waals surface area contributed by atoms with E-state index < -0.39 is 0 Å². The first-order chi connectivity index (χ1) is 17.2. The number of anilines is 2. The summed E-state index contributed by atoms with van der Waals surface area (Å²) in [6, 6.07) is 7.88. The maximum absolute atomic E-state index is 13.5. The number of aldehydes is 1. The molecule has 8 heteroatoms. The van der Waals surface area contributed by atoms with Gasteiger partial charge in [-0.2, -0.15) is 4.98 Å². The Labute approximate surface area is 207 Å². The van der Waals surface area contributed by atoms with E-state index in [9.17, 15) is 9.59 Å². The molecule has 2 aromatic rings. The van der Waals surface area contributed by atoms with Crippen molar-refractivity contribution < 1.29 is 18.8 Å². The Balaban J connectivity index is 1.32. The number of aromatic nitrogens is 2. The van der Waals surface area contributed by atoms with Crippen LogP contribution in [0.3, 0.4) is 0 Å². The number of amides is 1. The van der Waals surface area contributed by atoms with Gasteiger partial charge in [0.15, 0.2) is 0 Å². The van der Waals surface area contributed by atoms with E-state index in [-0.39, 0.29) is 11.8 Å². The second-order valence-electron chi connectivity index (χ2n) is 9.31. The van der Waals surface area contributed by atoms with Gasteiger partial charge in [-0.05, 0) is 54.6 Å². The molecule has 1 aliphatic carbocycles. The molecule has 1 aromatic carbocycles. The fourth-order valence-corrected chi connectivity index (χ4v) is 4.85. The van der Waals surface area contributed by atoms with Crippen molar-refractivity contribution in [2.75, 3.05) is 42.6 Å². The Kier molecular flexibility index (Phi) is 9.46. The lowest BCUT2D eigenvalue weighted by Gasteiger charge is -2.30. The zero-order valence-corrected chi connectivity index (χ0v) is 20.4. The molecule has 0 atom stereocenters. The maximum atomic E-state index is 13.5. The molecule has 8 nitrogen and oxygen atoms in total. The highest BCUT2D eigenvalue weighted by atomic mass is 16.5. The van der Waals surface area contributed by atoms with Crippen LogP contribution in [-0.2, 0) is 20.7 Å². The molecule has 2 fully saturated rings.